The van der Waals surface area contributed by atoms with Crippen molar-refractivity contribution in [2.24, 2.45) is 0 Å². The van der Waals surface area contributed by atoms with Crippen LogP contribution >= 0.6 is 0 Å². The number of nitrogens with one attached hydrogen (secondary N) is 1. The molecular formula is C10H19NO3. The Bertz CT molecular complexity index is 184. The van der Waals surface area contributed by atoms with Gasteiger partial charge in [-0.1, -0.05) is 0 Å². The number of hydrogen-bond acceptors (Lipinski definition) is 3. The predicted octanol–water partition coefficient (Wildman–Crippen LogP) is 1.01. The molecule has 1 heterocycles. The van der Waals surface area contributed by atoms with Crippen molar-refractivity contribution in [3.05, 3.63) is 0 Å². The number of hydrogen-bond donors (Lipinski definition) is 2. The van der Waals surface area contributed by atoms with Crippen molar-refractivity contribution in [3.63, 3.8) is 0 Å². The van der Waals surface area contributed by atoms with Crippen LogP contribution in [0.25, 0.3) is 0 Å². The Balaban J connectivity index is 2.22. The molecule has 2 atom stereocenters. The van der Waals surface area contributed by atoms with Crippen molar-refractivity contribution in [2.45, 2.75) is 44.7 Å². The first kappa shape index (κ1) is 11.5. The Morgan fingerprint density at radius 1 is 1.57 bits per heavy atom. The molecule has 2 unspecified atom stereocenters. The topological polar surface area (TPSA) is 58.6 Å². The molecule has 82 valence electrons. The van der Waals surface area contributed by atoms with Crippen LogP contribution in [0, 0.1) is 0 Å². The summed E-state index contributed by atoms with van der Waals surface area (Å²) in [5.41, 5.74) is 0. The van der Waals surface area contributed by atoms with Crippen LogP contribution in [0.1, 0.15) is 32.6 Å². The highest BCUT2D eigenvalue weighted by atomic mass is 16.5. The Morgan fingerprint density at radius 2 is 2.36 bits per heavy atom. The van der Waals surface area contributed by atoms with E-state index in [2.05, 4.69) is 5.32 Å². The highest BCUT2D eigenvalue weighted by Crippen LogP contribution is 2.15. The molecule has 0 radical (unpaired) electrons. The summed E-state index contributed by atoms with van der Waals surface area (Å²) in [7, 11) is 0. The third kappa shape index (κ3) is 3.64. The Kier molecular flexibility index (Phi) is 4.90. The Labute approximate surface area is 84.6 Å². The molecule has 0 saturated carbocycles. The van der Waals surface area contributed by atoms with Crippen molar-refractivity contribution in [1.82, 2.24) is 5.32 Å². The summed E-state index contributed by atoms with van der Waals surface area (Å²) >= 11 is 0. The molecule has 1 saturated heterocycles. The number of aliphatic carboxylic acids is 1. The molecule has 1 rings (SSSR count). The number of rotatable bonds is 5. The summed E-state index contributed by atoms with van der Waals surface area (Å²) in [6, 6.07) is -0.0354. The van der Waals surface area contributed by atoms with Gasteiger partial charge in [-0.05, 0) is 32.6 Å². The second-order valence-electron chi connectivity index (χ2n) is 3.67. The van der Waals surface area contributed by atoms with Crippen molar-refractivity contribution in [3.8, 4) is 0 Å². The normalized spacial score (nSPS) is 27.5. The van der Waals surface area contributed by atoms with Crippen LogP contribution < -0.4 is 5.32 Å². The van der Waals surface area contributed by atoms with Gasteiger partial charge in [0, 0.05) is 19.3 Å². The number of ether oxygens (including phenoxy) is 1. The quantitative estimate of drug-likeness (QED) is 0.652. The maximum absolute atomic E-state index is 10.7. The van der Waals surface area contributed by atoms with E-state index in [-0.39, 0.29) is 6.04 Å². The second kappa shape index (κ2) is 5.98. The molecular weight excluding hydrogens is 182 g/mol. The molecule has 0 amide bonds. The number of piperidine rings is 1. The van der Waals surface area contributed by atoms with Gasteiger partial charge in [0.25, 0.3) is 0 Å². The van der Waals surface area contributed by atoms with E-state index in [1.165, 1.54) is 0 Å². The number of carboxylic acid groups (broad SMARTS) is 1. The first-order chi connectivity index (χ1) is 6.74. The average Bonchev–Trinajstić information content (AvgIpc) is 2.19. The first-order valence-electron chi connectivity index (χ1n) is 5.30. The van der Waals surface area contributed by atoms with Gasteiger partial charge in [0.1, 0.15) is 6.04 Å². The third-order valence-electron chi connectivity index (χ3n) is 2.60. The zero-order chi connectivity index (χ0) is 10.4. The van der Waals surface area contributed by atoms with Crippen molar-refractivity contribution < 1.29 is 14.6 Å². The van der Waals surface area contributed by atoms with Crippen LogP contribution in [0.2, 0.25) is 0 Å². The van der Waals surface area contributed by atoms with E-state index >= 15 is 0 Å². The molecule has 1 aliphatic rings. The van der Waals surface area contributed by atoms with Crippen LogP contribution in [0.3, 0.4) is 0 Å². The van der Waals surface area contributed by atoms with E-state index < -0.39 is 5.97 Å². The third-order valence-corrected chi connectivity index (χ3v) is 2.60. The molecule has 4 heteroatoms. The minimum atomic E-state index is -0.730. The van der Waals surface area contributed by atoms with Gasteiger partial charge in [-0.3, -0.25) is 4.79 Å². The zero-order valence-electron chi connectivity index (χ0n) is 8.66. The first-order valence-corrected chi connectivity index (χ1v) is 5.30. The van der Waals surface area contributed by atoms with E-state index in [0.29, 0.717) is 6.04 Å². The number of carbonyl (C=O) groups is 1. The predicted molar refractivity (Wildman–Crippen MR) is 53.3 cm³/mol. The van der Waals surface area contributed by atoms with Crippen LogP contribution in [-0.2, 0) is 9.53 Å². The fourth-order valence-electron chi connectivity index (χ4n) is 1.81. The maximum atomic E-state index is 10.7. The molecule has 0 aromatic carbocycles. The molecule has 1 fully saturated rings. The summed E-state index contributed by atoms with van der Waals surface area (Å²) in [4.78, 5) is 10.7. The molecule has 14 heavy (non-hydrogen) atoms. The Morgan fingerprint density at radius 3 is 3.00 bits per heavy atom. The van der Waals surface area contributed by atoms with E-state index in [9.17, 15) is 4.79 Å². The lowest BCUT2D eigenvalue weighted by molar-refractivity contribution is -0.140. The van der Waals surface area contributed by atoms with Gasteiger partial charge in [-0.25, -0.2) is 0 Å². The molecule has 0 bridgehead atoms. The summed E-state index contributed by atoms with van der Waals surface area (Å²) in [6.45, 7) is 3.42. The monoisotopic (exact) mass is 201 g/mol. The summed E-state index contributed by atoms with van der Waals surface area (Å²) in [5, 5.41) is 12.0. The summed E-state index contributed by atoms with van der Waals surface area (Å²) in [5.74, 6) is -0.730. The standard InChI is InChI=1S/C10H19NO3/c1-2-14-7-6-8-4-3-5-9(11-8)10(12)13/h8-9,11H,2-7H2,1H3,(H,12,13). The number of carboxylic acids is 1. The highest BCUT2D eigenvalue weighted by molar-refractivity contribution is 5.73. The zero-order valence-corrected chi connectivity index (χ0v) is 8.66. The molecule has 4 nitrogen and oxygen atoms in total. The average molecular weight is 201 g/mol. The molecule has 1 aliphatic heterocycles. The fourth-order valence-corrected chi connectivity index (χ4v) is 1.81. The van der Waals surface area contributed by atoms with Gasteiger partial charge in [-0.15, -0.1) is 0 Å². The van der Waals surface area contributed by atoms with E-state index in [4.69, 9.17) is 9.84 Å². The van der Waals surface area contributed by atoms with Gasteiger partial charge in [0.15, 0.2) is 0 Å². The van der Waals surface area contributed by atoms with Crippen LogP contribution in [0.15, 0.2) is 0 Å². The fraction of sp³-hybridized carbons (Fsp3) is 0.900. The summed E-state index contributed by atoms with van der Waals surface area (Å²) in [6.07, 6.45) is 3.73. The van der Waals surface area contributed by atoms with Gasteiger partial charge in [-0.2, -0.15) is 0 Å². The minimum absolute atomic E-state index is 0.316. The molecule has 0 spiro atoms. The second-order valence-corrected chi connectivity index (χ2v) is 3.67. The highest BCUT2D eigenvalue weighted by Gasteiger charge is 2.25. The van der Waals surface area contributed by atoms with Crippen molar-refractivity contribution in [2.75, 3.05) is 13.2 Å². The van der Waals surface area contributed by atoms with E-state index in [1.54, 1.807) is 0 Å². The minimum Gasteiger partial charge on any atom is -0.480 e. The molecule has 2 N–H and O–H groups in total. The van der Waals surface area contributed by atoms with Gasteiger partial charge in [0.2, 0.25) is 0 Å². The van der Waals surface area contributed by atoms with Crippen LogP contribution in [0.5, 0.6) is 0 Å². The van der Waals surface area contributed by atoms with E-state index in [0.717, 1.165) is 38.9 Å². The van der Waals surface area contributed by atoms with Gasteiger partial charge < -0.3 is 15.2 Å². The van der Waals surface area contributed by atoms with E-state index in [1.807, 2.05) is 6.92 Å². The Hall–Kier alpha value is -0.610. The van der Waals surface area contributed by atoms with Crippen molar-refractivity contribution >= 4 is 5.97 Å². The lowest BCUT2D eigenvalue weighted by Gasteiger charge is -2.28. The van der Waals surface area contributed by atoms with Gasteiger partial charge >= 0.3 is 5.97 Å². The van der Waals surface area contributed by atoms with Crippen LogP contribution in [0.4, 0.5) is 0 Å². The lowest BCUT2D eigenvalue weighted by atomic mass is 9.97. The smallest absolute Gasteiger partial charge is 0.320 e. The lowest BCUT2D eigenvalue weighted by Crippen LogP contribution is -2.47. The molecule has 0 aromatic rings. The van der Waals surface area contributed by atoms with Crippen molar-refractivity contribution in [1.29, 1.82) is 0 Å². The molecule has 0 aromatic heterocycles. The SMILES string of the molecule is CCOCCC1CCCC(C(=O)O)N1. The maximum Gasteiger partial charge on any atom is 0.320 e. The largest absolute Gasteiger partial charge is 0.480 e. The van der Waals surface area contributed by atoms with Gasteiger partial charge in [0.05, 0.1) is 0 Å². The van der Waals surface area contributed by atoms with Crippen LogP contribution in [-0.4, -0.2) is 36.4 Å². The molecule has 0 aliphatic carbocycles. The summed E-state index contributed by atoms with van der Waals surface area (Å²) < 4.78 is 5.24.